The first-order valence-corrected chi connectivity index (χ1v) is 9.33. The number of hydrogen-bond acceptors (Lipinski definition) is 5. The van der Waals surface area contributed by atoms with Crippen LogP contribution in [-0.4, -0.2) is 60.9 Å². The molecule has 1 aliphatic heterocycles. The Morgan fingerprint density at radius 2 is 2.13 bits per heavy atom. The summed E-state index contributed by atoms with van der Waals surface area (Å²) in [4.78, 5) is 16.0. The van der Waals surface area contributed by atoms with Gasteiger partial charge >= 0.3 is 0 Å². The van der Waals surface area contributed by atoms with Gasteiger partial charge in [-0.15, -0.1) is 11.3 Å². The lowest BCUT2D eigenvalue weighted by Gasteiger charge is -2.33. The number of fused-ring (bicyclic) bond motifs is 1. The van der Waals surface area contributed by atoms with E-state index in [0.717, 1.165) is 31.5 Å². The van der Waals surface area contributed by atoms with Crippen LogP contribution in [0, 0.1) is 0 Å². The maximum Gasteiger partial charge on any atom is 0.252 e. The van der Waals surface area contributed by atoms with Crippen LogP contribution in [0.2, 0.25) is 0 Å². The second kappa shape index (κ2) is 7.30. The minimum atomic E-state index is -0.927. The van der Waals surface area contributed by atoms with Crippen molar-refractivity contribution < 1.29 is 14.6 Å². The fourth-order valence-corrected chi connectivity index (χ4v) is 4.47. The SMILES string of the molecule is CC(O)(CNC(=O)c1csc2c1CCCC2)CN1CCOCC1. The van der Waals surface area contributed by atoms with E-state index in [1.807, 2.05) is 5.38 Å². The Hall–Kier alpha value is -0.950. The molecule has 2 heterocycles. The molecule has 6 heteroatoms. The van der Waals surface area contributed by atoms with Gasteiger partial charge in [-0.2, -0.15) is 0 Å². The lowest BCUT2D eigenvalue weighted by atomic mass is 9.95. The van der Waals surface area contributed by atoms with Gasteiger partial charge in [-0.3, -0.25) is 9.69 Å². The van der Waals surface area contributed by atoms with Crippen LogP contribution in [0.5, 0.6) is 0 Å². The van der Waals surface area contributed by atoms with Crippen LogP contribution in [0.3, 0.4) is 0 Å². The number of aliphatic hydroxyl groups is 1. The molecule has 1 aromatic rings. The van der Waals surface area contributed by atoms with Crippen molar-refractivity contribution in [1.82, 2.24) is 10.2 Å². The highest BCUT2D eigenvalue weighted by atomic mass is 32.1. The van der Waals surface area contributed by atoms with E-state index in [9.17, 15) is 9.90 Å². The fraction of sp³-hybridized carbons (Fsp3) is 0.706. The summed E-state index contributed by atoms with van der Waals surface area (Å²) in [5, 5.41) is 15.5. The van der Waals surface area contributed by atoms with Crippen LogP contribution in [0.15, 0.2) is 5.38 Å². The average molecular weight is 338 g/mol. The van der Waals surface area contributed by atoms with Gasteiger partial charge in [0.25, 0.3) is 5.91 Å². The number of nitrogens with one attached hydrogen (secondary N) is 1. The Morgan fingerprint density at radius 1 is 1.39 bits per heavy atom. The van der Waals surface area contributed by atoms with Crippen molar-refractivity contribution >= 4 is 17.2 Å². The van der Waals surface area contributed by atoms with Crippen LogP contribution in [0.1, 0.15) is 40.6 Å². The first-order valence-electron chi connectivity index (χ1n) is 8.45. The Morgan fingerprint density at radius 3 is 2.91 bits per heavy atom. The molecule has 1 aliphatic carbocycles. The van der Waals surface area contributed by atoms with E-state index in [1.54, 1.807) is 18.3 Å². The average Bonchev–Trinajstić information content (AvgIpc) is 2.97. The number of nitrogens with zero attached hydrogens (tertiary/aromatic N) is 1. The van der Waals surface area contributed by atoms with Crippen molar-refractivity contribution in [3.63, 3.8) is 0 Å². The van der Waals surface area contributed by atoms with Crippen LogP contribution >= 0.6 is 11.3 Å². The van der Waals surface area contributed by atoms with E-state index in [0.29, 0.717) is 19.8 Å². The molecule has 0 saturated carbocycles. The van der Waals surface area contributed by atoms with E-state index in [4.69, 9.17) is 4.74 Å². The quantitative estimate of drug-likeness (QED) is 0.853. The number of carbonyl (C=O) groups is 1. The van der Waals surface area contributed by atoms with Crippen molar-refractivity contribution in [3.05, 3.63) is 21.4 Å². The molecule has 1 unspecified atom stereocenters. The Labute approximate surface area is 141 Å². The number of ether oxygens (including phenoxy) is 1. The van der Waals surface area contributed by atoms with Crippen molar-refractivity contribution in [2.75, 3.05) is 39.4 Å². The predicted molar refractivity (Wildman–Crippen MR) is 91.2 cm³/mol. The van der Waals surface area contributed by atoms with Crippen molar-refractivity contribution in [1.29, 1.82) is 0 Å². The van der Waals surface area contributed by atoms with E-state index in [-0.39, 0.29) is 12.5 Å². The Kier molecular flexibility index (Phi) is 5.36. The van der Waals surface area contributed by atoms with E-state index >= 15 is 0 Å². The number of β-amino-alcohol motifs (C(OH)–C–C–N with tert-alkyl or cyclic N) is 1. The third-order valence-corrected chi connectivity index (χ3v) is 5.69. The topological polar surface area (TPSA) is 61.8 Å². The molecule has 23 heavy (non-hydrogen) atoms. The molecule has 1 amide bonds. The van der Waals surface area contributed by atoms with E-state index < -0.39 is 5.60 Å². The molecule has 1 saturated heterocycles. The fourth-order valence-electron chi connectivity index (χ4n) is 3.35. The molecule has 128 valence electrons. The molecule has 2 N–H and O–H groups in total. The van der Waals surface area contributed by atoms with Gasteiger partial charge in [-0.05, 0) is 38.2 Å². The van der Waals surface area contributed by atoms with Gasteiger partial charge in [-0.25, -0.2) is 0 Å². The van der Waals surface area contributed by atoms with E-state index in [1.165, 1.54) is 23.3 Å². The lowest BCUT2D eigenvalue weighted by Crippen LogP contribution is -2.51. The van der Waals surface area contributed by atoms with Crippen molar-refractivity contribution in [3.8, 4) is 0 Å². The molecule has 5 nitrogen and oxygen atoms in total. The molecular weight excluding hydrogens is 312 g/mol. The number of morpholine rings is 1. The van der Waals surface area contributed by atoms with Crippen LogP contribution < -0.4 is 5.32 Å². The number of amides is 1. The first-order chi connectivity index (χ1) is 11.1. The first kappa shape index (κ1) is 16.9. The zero-order valence-electron chi connectivity index (χ0n) is 13.8. The standard InChI is InChI=1S/C17H26N2O3S/c1-17(21,12-19-6-8-22-9-7-19)11-18-16(20)14-10-23-15-5-3-2-4-13(14)15/h10,21H,2-9,11-12H2,1H3,(H,18,20). The summed E-state index contributed by atoms with van der Waals surface area (Å²) in [6.45, 7) is 5.70. The number of hydrogen-bond donors (Lipinski definition) is 2. The summed E-state index contributed by atoms with van der Waals surface area (Å²) in [6.07, 6.45) is 4.50. The number of aryl methyl sites for hydroxylation is 1. The van der Waals surface area contributed by atoms with Crippen molar-refractivity contribution in [2.24, 2.45) is 0 Å². The molecule has 2 aliphatic rings. The van der Waals surface area contributed by atoms with Gasteiger partial charge in [0.2, 0.25) is 0 Å². The molecule has 1 fully saturated rings. The lowest BCUT2D eigenvalue weighted by molar-refractivity contribution is -0.0213. The molecule has 0 aromatic carbocycles. The van der Waals surface area contributed by atoms with Crippen LogP contribution in [-0.2, 0) is 17.6 Å². The summed E-state index contributed by atoms with van der Waals surface area (Å²) in [5.41, 5.74) is 1.11. The molecule has 0 radical (unpaired) electrons. The predicted octanol–water partition coefficient (Wildman–Crippen LogP) is 1.44. The Balaban J connectivity index is 1.54. The molecule has 3 rings (SSSR count). The normalized spacial score (nSPS) is 21.5. The van der Waals surface area contributed by atoms with Crippen LogP contribution in [0.4, 0.5) is 0 Å². The molecule has 1 atom stereocenters. The Bertz CT molecular complexity index is 550. The highest BCUT2D eigenvalue weighted by Gasteiger charge is 2.27. The highest BCUT2D eigenvalue weighted by Crippen LogP contribution is 2.30. The monoisotopic (exact) mass is 338 g/mol. The van der Waals surface area contributed by atoms with E-state index in [2.05, 4.69) is 10.2 Å². The summed E-state index contributed by atoms with van der Waals surface area (Å²) >= 11 is 1.70. The zero-order chi connectivity index (χ0) is 16.3. The second-order valence-corrected chi connectivity index (χ2v) is 7.79. The third-order valence-electron chi connectivity index (χ3n) is 4.60. The summed E-state index contributed by atoms with van der Waals surface area (Å²) in [7, 11) is 0. The number of carbonyl (C=O) groups excluding carboxylic acids is 1. The zero-order valence-corrected chi connectivity index (χ0v) is 14.6. The number of rotatable bonds is 5. The molecule has 1 aromatic heterocycles. The third kappa shape index (κ3) is 4.32. The summed E-state index contributed by atoms with van der Waals surface area (Å²) in [5.74, 6) is -0.0494. The van der Waals surface area contributed by atoms with Crippen molar-refractivity contribution in [2.45, 2.75) is 38.2 Å². The van der Waals surface area contributed by atoms with Gasteiger partial charge < -0.3 is 15.2 Å². The maximum absolute atomic E-state index is 12.5. The minimum absolute atomic E-state index is 0.0494. The highest BCUT2D eigenvalue weighted by molar-refractivity contribution is 7.10. The van der Waals surface area contributed by atoms with Gasteiger partial charge in [0.05, 0.1) is 24.4 Å². The largest absolute Gasteiger partial charge is 0.387 e. The molecule has 0 spiro atoms. The van der Waals surface area contributed by atoms with Crippen LogP contribution in [0.25, 0.3) is 0 Å². The van der Waals surface area contributed by atoms with Gasteiger partial charge in [-0.1, -0.05) is 0 Å². The molecule has 0 bridgehead atoms. The smallest absolute Gasteiger partial charge is 0.252 e. The number of thiophene rings is 1. The summed E-state index contributed by atoms with van der Waals surface area (Å²) < 4.78 is 5.32. The molecular formula is C17H26N2O3S. The maximum atomic E-state index is 12.5. The second-order valence-electron chi connectivity index (χ2n) is 6.83. The van der Waals surface area contributed by atoms with Gasteiger partial charge in [0, 0.05) is 36.4 Å². The summed E-state index contributed by atoms with van der Waals surface area (Å²) in [6, 6.07) is 0. The van der Waals surface area contributed by atoms with Gasteiger partial charge in [0.1, 0.15) is 0 Å². The van der Waals surface area contributed by atoms with Gasteiger partial charge in [0.15, 0.2) is 0 Å². The minimum Gasteiger partial charge on any atom is -0.387 e.